The number of amides is 1. The number of hydrogen-bond donors (Lipinski definition) is 0. The normalized spacial score (nSPS) is 12.8. The number of rotatable bonds is 6. The lowest BCUT2D eigenvalue weighted by Gasteiger charge is -2.11. The van der Waals surface area contributed by atoms with E-state index in [9.17, 15) is 13.2 Å². The van der Waals surface area contributed by atoms with Crippen molar-refractivity contribution < 1.29 is 13.2 Å². The Kier molecular flexibility index (Phi) is 6.40. The first-order valence-corrected chi connectivity index (χ1v) is 11.8. The van der Waals surface area contributed by atoms with E-state index < -0.39 is 15.9 Å². The molecule has 6 nitrogen and oxygen atoms in total. The minimum absolute atomic E-state index is 0.133. The van der Waals surface area contributed by atoms with E-state index >= 15 is 0 Å². The molecule has 0 aliphatic carbocycles. The van der Waals surface area contributed by atoms with Crippen molar-refractivity contribution in [2.24, 2.45) is 4.99 Å². The molecule has 3 aromatic rings. The van der Waals surface area contributed by atoms with Crippen LogP contribution in [0.1, 0.15) is 35.7 Å². The summed E-state index contributed by atoms with van der Waals surface area (Å²) in [6, 6.07) is 12.1. The molecule has 2 aromatic carbocycles. The fourth-order valence-corrected chi connectivity index (χ4v) is 4.96. The summed E-state index contributed by atoms with van der Waals surface area (Å²) in [7, 11) is -0.610. The van der Waals surface area contributed by atoms with Crippen LogP contribution in [0.2, 0.25) is 0 Å². The van der Waals surface area contributed by atoms with Gasteiger partial charge in [0.1, 0.15) is 0 Å². The van der Waals surface area contributed by atoms with Crippen LogP contribution < -0.4 is 4.80 Å². The topological polar surface area (TPSA) is 71.7 Å². The third-order valence-electron chi connectivity index (χ3n) is 4.76. The van der Waals surface area contributed by atoms with Gasteiger partial charge in [-0.05, 0) is 47.9 Å². The first-order chi connectivity index (χ1) is 14.1. The van der Waals surface area contributed by atoms with Gasteiger partial charge in [-0.3, -0.25) is 4.79 Å². The molecule has 1 heterocycles. The van der Waals surface area contributed by atoms with E-state index in [1.54, 1.807) is 6.08 Å². The predicted octanol–water partition coefficient (Wildman–Crippen LogP) is 4.00. The third-order valence-corrected chi connectivity index (χ3v) is 7.63. The van der Waals surface area contributed by atoms with Gasteiger partial charge < -0.3 is 4.57 Å². The second-order valence-corrected chi connectivity index (χ2v) is 10.6. The van der Waals surface area contributed by atoms with Gasteiger partial charge in [-0.1, -0.05) is 37.3 Å². The molecule has 0 saturated heterocycles. The van der Waals surface area contributed by atoms with E-state index in [1.165, 1.54) is 55.3 Å². The Hall–Kier alpha value is -2.55. The van der Waals surface area contributed by atoms with Crippen molar-refractivity contribution in [1.29, 1.82) is 0 Å². The van der Waals surface area contributed by atoms with Crippen molar-refractivity contribution >= 4 is 37.5 Å². The monoisotopic (exact) mass is 443 g/mol. The van der Waals surface area contributed by atoms with E-state index in [0.29, 0.717) is 22.8 Å². The van der Waals surface area contributed by atoms with Crippen molar-refractivity contribution in [3.63, 3.8) is 0 Å². The number of nitrogens with zero attached hydrogens (tertiary/aromatic N) is 3. The van der Waals surface area contributed by atoms with Gasteiger partial charge in [0.2, 0.25) is 10.0 Å². The molecule has 30 heavy (non-hydrogen) atoms. The van der Waals surface area contributed by atoms with E-state index in [-0.39, 0.29) is 4.90 Å². The second kappa shape index (κ2) is 8.67. The largest absolute Gasteiger partial charge is 0.312 e. The number of fused-ring (bicyclic) bond motifs is 1. The van der Waals surface area contributed by atoms with Crippen LogP contribution in [0.3, 0.4) is 0 Å². The molecule has 0 fully saturated rings. The van der Waals surface area contributed by atoms with Gasteiger partial charge in [0.25, 0.3) is 5.91 Å². The lowest BCUT2D eigenvalue weighted by Crippen LogP contribution is -2.22. The number of sulfonamides is 1. The van der Waals surface area contributed by atoms with Crippen LogP contribution in [-0.4, -0.2) is 37.3 Å². The molecule has 1 aromatic heterocycles. The molecule has 0 radical (unpaired) electrons. The fraction of sp³-hybridized carbons (Fsp3) is 0.273. The van der Waals surface area contributed by atoms with Gasteiger partial charge in [0.15, 0.2) is 4.80 Å². The van der Waals surface area contributed by atoms with Crippen LogP contribution in [0.25, 0.3) is 10.2 Å². The van der Waals surface area contributed by atoms with Gasteiger partial charge in [0.05, 0.1) is 15.1 Å². The molecule has 0 bridgehead atoms. The maximum Gasteiger partial charge on any atom is 0.279 e. The van der Waals surface area contributed by atoms with Crippen molar-refractivity contribution in [2.45, 2.75) is 31.2 Å². The summed E-state index contributed by atoms with van der Waals surface area (Å²) < 4.78 is 28.6. The molecular weight excluding hydrogens is 418 g/mol. The van der Waals surface area contributed by atoms with Gasteiger partial charge in [-0.25, -0.2) is 12.7 Å². The van der Waals surface area contributed by atoms with Crippen LogP contribution in [0.5, 0.6) is 0 Å². The number of hydrogen-bond acceptors (Lipinski definition) is 4. The number of allylic oxidation sites excluding steroid dienone is 1. The van der Waals surface area contributed by atoms with Gasteiger partial charge >= 0.3 is 0 Å². The molecule has 0 N–H and O–H groups in total. The van der Waals surface area contributed by atoms with Crippen LogP contribution in [0.4, 0.5) is 0 Å². The summed E-state index contributed by atoms with van der Waals surface area (Å²) in [5.41, 5.74) is 2.56. The summed E-state index contributed by atoms with van der Waals surface area (Å²) in [5, 5.41) is 0. The summed E-state index contributed by atoms with van der Waals surface area (Å²) in [6.07, 6.45) is 1.77. The quantitative estimate of drug-likeness (QED) is 0.541. The Morgan fingerprint density at radius 1 is 1.20 bits per heavy atom. The zero-order valence-electron chi connectivity index (χ0n) is 17.5. The lowest BCUT2D eigenvalue weighted by molar-refractivity contribution is 0.0998. The molecule has 1 amide bonds. The molecule has 8 heteroatoms. The molecule has 0 unspecified atom stereocenters. The van der Waals surface area contributed by atoms with Gasteiger partial charge in [-0.2, -0.15) is 4.99 Å². The Balaban J connectivity index is 2.04. The Labute approximate surface area is 180 Å². The van der Waals surface area contributed by atoms with E-state index in [4.69, 9.17) is 0 Å². The van der Waals surface area contributed by atoms with Crippen molar-refractivity contribution in [2.75, 3.05) is 14.1 Å². The number of benzene rings is 2. The SMILES string of the molecule is C=CCn1c(=NC(=O)c2ccc(S(=O)(=O)N(C)C)cc2)sc2cc(C(C)C)ccc21. The molecular formula is C22H25N3O3S2. The van der Waals surface area contributed by atoms with Crippen molar-refractivity contribution in [3.05, 3.63) is 71.0 Å². The first kappa shape index (κ1) is 22.1. The highest BCUT2D eigenvalue weighted by Gasteiger charge is 2.17. The fourth-order valence-electron chi connectivity index (χ4n) is 2.97. The van der Waals surface area contributed by atoms with E-state index in [1.807, 2.05) is 4.57 Å². The average Bonchev–Trinajstić information content (AvgIpc) is 3.04. The Morgan fingerprint density at radius 3 is 2.43 bits per heavy atom. The molecule has 3 rings (SSSR count). The average molecular weight is 444 g/mol. The summed E-state index contributed by atoms with van der Waals surface area (Å²) in [6.45, 7) is 8.63. The summed E-state index contributed by atoms with van der Waals surface area (Å²) in [5.74, 6) is -0.0133. The third kappa shape index (κ3) is 4.30. The number of thiazole rings is 1. The smallest absolute Gasteiger partial charge is 0.279 e. The van der Waals surface area contributed by atoms with Gasteiger partial charge in [0, 0.05) is 26.2 Å². The second-order valence-electron chi connectivity index (χ2n) is 7.39. The summed E-state index contributed by atoms with van der Waals surface area (Å²) >= 11 is 1.45. The molecule has 0 aliphatic rings. The van der Waals surface area contributed by atoms with E-state index in [2.05, 4.69) is 43.6 Å². The van der Waals surface area contributed by atoms with Crippen molar-refractivity contribution in [3.8, 4) is 0 Å². The maximum atomic E-state index is 12.8. The minimum Gasteiger partial charge on any atom is -0.312 e. The highest BCUT2D eigenvalue weighted by molar-refractivity contribution is 7.89. The lowest BCUT2D eigenvalue weighted by atomic mass is 10.0. The molecule has 0 saturated carbocycles. The zero-order valence-corrected chi connectivity index (χ0v) is 19.1. The molecule has 0 atom stereocenters. The van der Waals surface area contributed by atoms with Crippen LogP contribution >= 0.6 is 11.3 Å². The summed E-state index contributed by atoms with van der Waals surface area (Å²) in [4.78, 5) is 17.8. The number of carbonyl (C=O) groups is 1. The molecule has 0 aliphatic heterocycles. The van der Waals surface area contributed by atoms with E-state index in [0.717, 1.165) is 14.5 Å². The highest BCUT2D eigenvalue weighted by Crippen LogP contribution is 2.24. The van der Waals surface area contributed by atoms with Crippen LogP contribution in [-0.2, 0) is 16.6 Å². The minimum atomic E-state index is -3.54. The van der Waals surface area contributed by atoms with Crippen LogP contribution in [0.15, 0.2) is 65.0 Å². The standard InChI is InChI=1S/C22H25N3O3S2/c1-6-13-25-19-12-9-17(15(2)3)14-20(19)29-22(25)23-21(26)16-7-10-18(11-8-16)30(27,28)24(4)5/h6-12,14-15H,1,13H2,2-5H3. The Morgan fingerprint density at radius 2 is 1.87 bits per heavy atom. The zero-order chi connectivity index (χ0) is 22.1. The Bertz CT molecular complexity index is 1270. The maximum absolute atomic E-state index is 12.8. The van der Waals surface area contributed by atoms with Crippen molar-refractivity contribution in [1.82, 2.24) is 8.87 Å². The first-order valence-electron chi connectivity index (χ1n) is 9.51. The molecule has 158 valence electrons. The number of carbonyl (C=O) groups excluding carboxylic acids is 1. The number of aromatic nitrogens is 1. The van der Waals surface area contributed by atoms with Crippen LogP contribution in [0, 0.1) is 0 Å². The molecule has 0 spiro atoms. The van der Waals surface area contributed by atoms with Gasteiger partial charge in [-0.15, -0.1) is 6.58 Å². The predicted molar refractivity (Wildman–Crippen MR) is 121 cm³/mol. The highest BCUT2D eigenvalue weighted by atomic mass is 32.2.